The second-order valence-electron chi connectivity index (χ2n) is 15.0. The maximum absolute atomic E-state index is 14.0. The summed E-state index contributed by atoms with van der Waals surface area (Å²) < 4.78 is 0. The summed E-state index contributed by atoms with van der Waals surface area (Å²) in [6.07, 6.45) is 5.05. The van der Waals surface area contributed by atoms with Crippen LogP contribution in [0.3, 0.4) is 0 Å². The van der Waals surface area contributed by atoms with Crippen LogP contribution in [0.2, 0.25) is 0 Å². The van der Waals surface area contributed by atoms with Crippen molar-refractivity contribution in [1.82, 2.24) is 41.5 Å². The van der Waals surface area contributed by atoms with Gasteiger partial charge >= 0.3 is 5.97 Å². The predicted octanol–water partition coefficient (Wildman–Crippen LogP) is 0.526. The van der Waals surface area contributed by atoms with Crippen LogP contribution in [0, 0.1) is 17.8 Å². The summed E-state index contributed by atoms with van der Waals surface area (Å²) in [5.74, 6) is -7.03. The van der Waals surface area contributed by atoms with Gasteiger partial charge in [0.05, 0.1) is 18.8 Å². The third-order valence-corrected chi connectivity index (χ3v) is 10.0. The number of para-hydroxylation sites is 1. The molecule has 3 rings (SSSR count). The summed E-state index contributed by atoms with van der Waals surface area (Å²) in [7, 11) is 0. The second kappa shape index (κ2) is 21.5. The molecule has 0 aliphatic carbocycles. The van der Waals surface area contributed by atoms with Gasteiger partial charge in [0.1, 0.15) is 30.2 Å². The van der Waals surface area contributed by atoms with Crippen molar-refractivity contribution in [3.8, 4) is 0 Å². The van der Waals surface area contributed by atoms with Crippen molar-refractivity contribution >= 4 is 52.3 Å². The van der Waals surface area contributed by atoms with E-state index in [4.69, 9.17) is 11.5 Å². The van der Waals surface area contributed by atoms with Crippen LogP contribution in [-0.4, -0.2) is 97.7 Å². The number of fused-ring (bicyclic) bond motifs is 1. The van der Waals surface area contributed by atoms with Gasteiger partial charge in [-0.1, -0.05) is 72.6 Å². The molecular weight excluding hydrogens is 736 g/mol. The number of carboxylic acid groups (broad SMARTS) is 1. The molecule has 18 heteroatoms. The van der Waals surface area contributed by atoms with Gasteiger partial charge in [0.25, 0.3) is 0 Å². The van der Waals surface area contributed by atoms with Gasteiger partial charge in [-0.3, -0.25) is 33.6 Å². The molecule has 2 heterocycles. The molecule has 1 aromatic carbocycles. The highest BCUT2D eigenvalue weighted by molar-refractivity contribution is 5.98. The summed E-state index contributed by atoms with van der Waals surface area (Å²) in [5, 5.41) is 23.6. The smallest absolute Gasteiger partial charge is 0.305 e. The number of nitrogens with one attached hydrogen (secondary N) is 7. The van der Waals surface area contributed by atoms with Gasteiger partial charge in [-0.25, -0.2) is 4.98 Å². The van der Waals surface area contributed by atoms with Crippen LogP contribution in [0.25, 0.3) is 10.9 Å². The number of benzene rings is 1. The number of nitrogens with two attached hydrogens (primary N) is 2. The highest BCUT2D eigenvalue weighted by Crippen LogP contribution is 2.20. The van der Waals surface area contributed by atoms with Crippen LogP contribution in [-0.2, 0) is 46.4 Å². The molecule has 8 atom stereocenters. The zero-order valence-corrected chi connectivity index (χ0v) is 33.4. The van der Waals surface area contributed by atoms with E-state index in [1.807, 2.05) is 45.0 Å². The standard InChI is InChI=1S/C39H58N10O8/c1-7-21(5)32(38(56)45-28(34(41)52)14-23-17-43-27-12-10-9-11-25(23)27)49-39(57)33(22(6)8-2)48-37(55)30(16-31(50)51)47-36(54)29(13-20(3)4)46-35(53)26(40)15-24-18-42-19-44-24/h9-12,17-22,26,28-30,32-33,43H,7-8,13-16,40H2,1-6H3,(H2,41,52)(H,42,44)(H,45,56)(H,46,53)(H,47,54)(H,48,55)(H,49,57)(H,50,51)/t21-,22-,26-,28-,29-,30-,32-,33-/m0/s1. The Morgan fingerprint density at radius 1 is 0.737 bits per heavy atom. The first-order chi connectivity index (χ1) is 26.9. The maximum Gasteiger partial charge on any atom is 0.305 e. The Bertz CT molecular complexity index is 1840. The van der Waals surface area contributed by atoms with E-state index in [0.717, 1.165) is 16.5 Å². The number of primary amides is 1. The van der Waals surface area contributed by atoms with Crippen molar-refractivity contribution in [1.29, 1.82) is 0 Å². The Morgan fingerprint density at radius 2 is 1.30 bits per heavy atom. The second-order valence-corrected chi connectivity index (χ2v) is 15.0. The number of aromatic nitrogens is 3. The summed E-state index contributed by atoms with van der Waals surface area (Å²) in [6.45, 7) is 10.7. The van der Waals surface area contributed by atoms with Crippen LogP contribution in [0.4, 0.5) is 0 Å². The molecule has 0 radical (unpaired) electrons. The van der Waals surface area contributed by atoms with E-state index in [-0.39, 0.29) is 25.2 Å². The normalized spacial score (nSPS) is 15.6. The first kappa shape index (κ1) is 45.6. The van der Waals surface area contributed by atoms with E-state index in [9.17, 15) is 38.7 Å². The number of aliphatic carboxylic acids is 1. The zero-order valence-electron chi connectivity index (χ0n) is 33.4. The van der Waals surface area contributed by atoms with Gasteiger partial charge in [0, 0.05) is 41.8 Å². The highest BCUT2D eigenvalue weighted by atomic mass is 16.4. The van der Waals surface area contributed by atoms with Crippen molar-refractivity contribution < 1.29 is 38.7 Å². The minimum atomic E-state index is -1.64. The van der Waals surface area contributed by atoms with E-state index < -0.39 is 95.9 Å². The summed E-state index contributed by atoms with van der Waals surface area (Å²) in [4.78, 5) is 102. The average molecular weight is 795 g/mol. The largest absolute Gasteiger partial charge is 0.481 e. The molecule has 2 aromatic heterocycles. The van der Waals surface area contributed by atoms with Crippen LogP contribution in [0.5, 0.6) is 0 Å². The van der Waals surface area contributed by atoms with Gasteiger partial charge in [0.2, 0.25) is 35.4 Å². The van der Waals surface area contributed by atoms with Crippen molar-refractivity contribution in [3.63, 3.8) is 0 Å². The molecule has 0 spiro atoms. The molecule has 3 aromatic rings. The van der Waals surface area contributed by atoms with Gasteiger partial charge in [-0.15, -0.1) is 0 Å². The number of rotatable bonds is 23. The fraction of sp³-hybridized carbons (Fsp3) is 0.538. The lowest BCUT2D eigenvalue weighted by molar-refractivity contribution is -0.142. The molecule has 0 unspecified atom stereocenters. The van der Waals surface area contributed by atoms with E-state index >= 15 is 0 Å². The number of carbonyl (C=O) groups excluding carboxylic acids is 6. The van der Waals surface area contributed by atoms with Crippen molar-refractivity contribution in [2.24, 2.45) is 29.2 Å². The Labute approximate surface area is 331 Å². The zero-order chi connectivity index (χ0) is 42.4. The Hall–Kier alpha value is -5.78. The summed E-state index contributed by atoms with van der Waals surface area (Å²) in [5.41, 5.74) is 14.0. The molecule has 312 valence electrons. The summed E-state index contributed by atoms with van der Waals surface area (Å²) in [6, 6.07) is 0.0929. The molecule has 0 bridgehead atoms. The van der Waals surface area contributed by atoms with Crippen molar-refractivity contribution in [2.45, 2.75) is 116 Å². The third kappa shape index (κ3) is 13.4. The predicted molar refractivity (Wildman–Crippen MR) is 212 cm³/mol. The maximum atomic E-state index is 14.0. The van der Waals surface area contributed by atoms with Gasteiger partial charge < -0.3 is 53.1 Å². The number of carboxylic acids is 1. The lowest BCUT2D eigenvalue weighted by Gasteiger charge is -2.31. The molecular formula is C39H58N10O8. The molecule has 6 amide bonds. The van der Waals surface area contributed by atoms with Crippen molar-refractivity contribution in [2.75, 3.05) is 0 Å². The Morgan fingerprint density at radius 3 is 1.86 bits per heavy atom. The molecule has 12 N–H and O–H groups in total. The molecule has 0 aliphatic heterocycles. The van der Waals surface area contributed by atoms with E-state index in [2.05, 4.69) is 41.5 Å². The monoisotopic (exact) mass is 794 g/mol. The number of carbonyl (C=O) groups is 7. The average Bonchev–Trinajstić information content (AvgIpc) is 3.83. The third-order valence-electron chi connectivity index (χ3n) is 10.0. The van der Waals surface area contributed by atoms with Gasteiger partial charge in [0.15, 0.2) is 0 Å². The number of nitrogens with zero attached hydrogens (tertiary/aromatic N) is 1. The van der Waals surface area contributed by atoms with Gasteiger partial charge in [-0.05, 0) is 35.8 Å². The van der Waals surface area contributed by atoms with Crippen LogP contribution in [0.1, 0.15) is 78.5 Å². The van der Waals surface area contributed by atoms with Crippen molar-refractivity contribution in [3.05, 3.63) is 54.2 Å². The van der Waals surface area contributed by atoms with Gasteiger partial charge in [-0.2, -0.15) is 0 Å². The lowest BCUT2D eigenvalue weighted by atomic mass is 9.94. The first-order valence-electron chi connectivity index (χ1n) is 19.3. The number of aromatic amines is 2. The summed E-state index contributed by atoms with van der Waals surface area (Å²) >= 11 is 0. The number of hydrogen-bond acceptors (Lipinski definition) is 9. The number of amides is 6. The Balaban J connectivity index is 1.78. The van der Waals surface area contributed by atoms with Crippen LogP contribution >= 0.6 is 0 Å². The van der Waals surface area contributed by atoms with E-state index in [1.54, 1.807) is 27.0 Å². The molecule has 0 aliphatic rings. The number of imidazole rings is 1. The van der Waals surface area contributed by atoms with E-state index in [1.165, 1.54) is 12.5 Å². The first-order valence-corrected chi connectivity index (χ1v) is 19.3. The molecule has 57 heavy (non-hydrogen) atoms. The van der Waals surface area contributed by atoms with Crippen LogP contribution < -0.4 is 38.1 Å². The Kier molecular flexibility index (Phi) is 17.2. The highest BCUT2D eigenvalue weighted by Gasteiger charge is 2.36. The number of hydrogen-bond donors (Lipinski definition) is 10. The molecule has 0 fully saturated rings. The fourth-order valence-corrected chi connectivity index (χ4v) is 6.27. The fourth-order valence-electron chi connectivity index (χ4n) is 6.27. The quantitative estimate of drug-likeness (QED) is 0.0635. The molecule has 0 saturated heterocycles. The SMILES string of the molecule is CC[C@H](C)[C@H](NC(=O)[C@H](CC(=O)O)NC(=O)[C@H](CC(C)C)NC(=O)[C@@H](N)Cc1cnc[nH]1)C(=O)N[C@H](C(=O)N[C@@H](Cc1c[nH]c2ccccc12)C(N)=O)[C@@H](C)CC. The minimum absolute atomic E-state index is 0.0915. The minimum Gasteiger partial charge on any atom is -0.481 e. The molecule has 0 saturated carbocycles. The number of H-pyrrole nitrogens is 2. The van der Waals surface area contributed by atoms with Crippen LogP contribution in [0.15, 0.2) is 43.0 Å². The topological polar surface area (TPSA) is 296 Å². The lowest BCUT2D eigenvalue weighted by Crippen LogP contribution is -2.61. The molecule has 18 nitrogen and oxygen atoms in total. The van der Waals surface area contributed by atoms with E-state index in [0.29, 0.717) is 18.5 Å².